The Kier molecular flexibility index (Phi) is 2.36. The molecule has 0 radical (unpaired) electrons. The molecule has 78 valence electrons. The van der Waals surface area contributed by atoms with Crippen molar-refractivity contribution in [1.82, 2.24) is 4.98 Å². The molecule has 1 fully saturated rings. The zero-order chi connectivity index (χ0) is 10.2. The van der Waals surface area contributed by atoms with Gasteiger partial charge in [0.2, 0.25) is 0 Å². The van der Waals surface area contributed by atoms with E-state index in [1.807, 2.05) is 0 Å². The third kappa shape index (κ3) is 2.13. The van der Waals surface area contributed by atoms with Gasteiger partial charge in [0.1, 0.15) is 0 Å². The Morgan fingerprint density at radius 3 is 2.93 bits per heavy atom. The lowest BCUT2D eigenvalue weighted by atomic mass is 9.99. The molecule has 1 unspecified atom stereocenters. The first-order chi connectivity index (χ1) is 6.49. The van der Waals surface area contributed by atoms with E-state index >= 15 is 0 Å². The minimum Gasteiger partial charge on any atom is -0.388 e. The second kappa shape index (κ2) is 3.29. The largest absolute Gasteiger partial charge is 0.388 e. The summed E-state index contributed by atoms with van der Waals surface area (Å²) in [6, 6.07) is 0. The maximum atomic E-state index is 11.2. The second-order valence-electron chi connectivity index (χ2n) is 3.71. The van der Waals surface area contributed by atoms with Crippen LogP contribution in [0, 0.1) is 0 Å². The molecule has 6 heteroatoms. The van der Waals surface area contributed by atoms with Gasteiger partial charge in [0, 0.05) is 17.5 Å². The fourth-order valence-electron chi connectivity index (χ4n) is 1.69. The highest BCUT2D eigenvalue weighted by Crippen LogP contribution is 2.28. The van der Waals surface area contributed by atoms with Crippen LogP contribution in [-0.2, 0) is 16.3 Å². The Balaban J connectivity index is 2.12. The van der Waals surface area contributed by atoms with Gasteiger partial charge < -0.3 is 5.11 Å². The van der Waals surface area contributed by atoms with Crippen molar-refractivity contribution in [3.63, 3.8) is 0 Å². The van der Waals surface area contributed by atoms with Crippen molar-refractivity contribution in [3.8, 4) is 0 Å². The zero-order valence-corrected chi connectivity index (χ0v) is 9.14. The Bertz CT molecular complexity index is 412. The summed E-state index contributed by atoms with van der Waals surface area (Å²) < 4.78 is 22.4. The van der Waals surface area contributed by atoms with Gasteiger partial charge in [0.25, 0.3) is 0 Å². The number of aliphatic hydroxyl groups is 1. The molecule has 1 aliphatic heterocycles. The van der Waals surface area contributed by atoms with Crippen LogP contribution in [0.3, 0.4) is 0 Å². The summed E-state index contributed by atoms with van der Waals surface area (Å²) in [5.74, 6) is -0.0137. The van der Waals surface area contributed by atoms with Crippen LogP contribution in [0.15, 0.2) is 11.7 Å². The van der Waals surface area contributed by atoms with Gasteiger partial charge >= 0.3 is 0 Å². The molecular weight excluding hydrogens is 222 g/mol. The topological polar surface area (TPSA) is 67.3 Å². The van der Waals surface area contributed by atoms with E-state index in [-0.39, 0.29) is 11.5 Å². The zero-order valence-electron chi connectivity index (χ0n) is 7.51. The number of hydrogen-bond donors (Lipinski definition) is 1. The smallest absolute Gasteiger partial charge is 0.153 e. The molecule has 4 nitrogen and oxygen atoms in total. The lowest BCUT2D eigenvalue weighted by Crippen LogP contribution is -2.32. The van der Waals surface area contributed by atoms with E-state index in [0.29, 0.717) is 12.8 Å². The van der Waals surface area contributed by atoms with Crippen LogP contribution >= 0.6 is 11.3 Å². The highest BCUT2D eigenvalue weighted by atomic mass is 32.2. The Hall–Kier alpha value is -0.460. The number of nitrogens with zero attached hydrogens (tertiary/aromatic N) is 1. The summed E-state index contributed by atoms with van der Waals surface area (Å²) in [6.07, 6.45) is 2.41. The van der Waals surface area contributed by atoms with Crippen molar-refractivity contribution in [2.45, 2.75) is 18.4 Å². The second-order valence-corrected chi connectivity index (χ2v) is 6.87. The molecule has 0 aromatic carbocycles. The van der Waals surface area contributed by atoms with Crippen molar-refractivity contribution >= 4 is 21.2 Å². The molecule has 1 atom stereocenters. The number of rotatable bonds is 2. The van der Waals surface area contributed by atoms with Crippen molar-refractivity contribution in [2.75, 3.05) is 11.5 Å². The van der Waals surface area contributed by atoms with E-state index in [4.69, 9.17) is 0 Å². The van der Waals surface area contributed by atoms with E-state index in [1.54, 1.807) is 11.7 Å². The molecule has 1 aliphatic rings. The van der Waals surface area contributed by atoms with Crippen molar-refractivity contribution < 1.29 is 13.5 Å². The molecule has 0 bridgehead atoms. The third-order valence-electron chi connectivity index (χ3n) is 2.35. The predicted octanol–water partition coefficient (Wildman–Crippen LogP) is 0.235. The number of aromatic nitrogens is 1. The monoisotopic (exact) mass is 233 g/mol. The molecule has 0 amide bonds. The van der Waals surface area contributed by atoms with E-state index < -0.39 is 15.4 Å². The minimum absolute atomic E-state index is 0.0995. The summed E-state index contributed by atoms with van der Waals surface area (Å²) in [5, 5.41) is 10.00. The number of thiazole rings is 1. The van der Waals surface area contributed by atoms with Crippen LogP contribution in [0.25, 0.3) is 0 Å². The van der Waals surface area contributed by atoms with E-state index in [1.165, 1.54) is 11.3 Å². The fourth-order valence-corrected chi connectivity index (χ4v) is 4.32. The first kappa shape index (κ1) is 10.1. The Labute approximate surface area is 86.5 Å². The Morgan fingerprint density at radius 2 is 2.43 bits per heavy atom. The van der Waals surface area contributed by atoms with Gasteiger partial charge in [-0.25, -0.2) is 8.42 Å². The van der Waals surface area contributed by atoms with Gasteiger partial charge in [-0.1, -0.05) is 0 Å². The molecule has 0 aliphatic carbocycles. The standard InChI is InChI=1S/C8H11NO3S2/c10-8(1-2-14(11,12)5-8)3-7-4-9-6-13-7/h4,6,10H,1-3,5H2. The summed E-state index contributed by atoms with van der Waals surface area (Å²) in [6.45, 7) is 0. The molecule has 0 spiro atoms. The molecule has 2 heterocycles. The van der Waals surface area contributed by atoms with Gasteiger partial charge in [0.15, 0.2) is 9.84 Å². The van der Waals surface area contributed by atoms with Crippen LogP contribution in [0.5, 0.6) is 0 Å². The van der Waals surface area contributed by atoms with E-state index in [2.05, 4.69) is 4.98 Å². The molecule has 1 aromatic rings. The van der Waals surface area contributed by atoms with Crippen LogP contribution in [0.1, 0.15) is 11.3 Å². The summed E-state index contributed by atoms with van der Waals surface area (Å²) in [7, 11) is -3.02. The van der Waals surface area contributed by atoms with E-state index in [9.17, 15) is 13.5 Å². The Morgan fingerprint density at radius 1 is 1.64 bits per heavy atom. The molecule has 2 rings (SSSR count). The maximum absolute atomic E-state index is 11.2. The normalized spacial score (nSPS) is 30.6. The van der Waals surface area contributed by atoms with Crippen LogP contribution in [0.4, 0.5) is 0 Å². The molecule has 1 aromatic heterocycles. The average molecular weight is 233 g/mol. The first-order valence-electron chi connectivity index (χ1n) is 4.29. The lowest BCUT2D eigenvalue weighted by molar-refractivity contribution is 0.0690. The van der Waals surface area contributed by atoms with E-state index in [0.717, 1.165) is 4.88 Å². The van der Waals surface area contributed by atoms with Gasteiger partial charge in [-0.15, -0.1) is 11.3 Å². The SMILES string of the molecule is O=S1(=O)CCC(O)(Cc2cncs2)C1. The first-order valence-corrected chi connectivity index (χ1v) is 6.99. The average Bonchev–Trinajstić information content (AvgIpc) is 2.60. The lowest BCUT2D eigenvalue weighted by Gasteiger charge is -2.18. The predicted molar refractivity (Wildman–Crippen MR) is 54.0 cm³/mol. The molecule has 0 saturated carbocycles. The quantitative estimate of drug-likeness (QED) is 0.794. The third-order valence-corrected chi connectivity index (χ3v) is 4.94. The number of hydrogen-bond acceptors (Lipinski definition) is 5. The van der Waals surface area contributed by atoms with Crippen LogP contribution < -0.4 is 0 Å². The van der Waals surface area contributed by atoms with Crippen molar-refractivity contribution in [3.05, 3.63) is 16.6 Å². The minimum atomic E-state index is -3.02. The number of sulfone groups is 1. The molecule has 1 saturated heterocycles. The highest BCUT2D eigenvalue weighted by Gasteiger charge is 2.40. The summed E-state index contributed by atoms with van der Waals surface area (Å²) in [5.41, 5.74) is 0.619. The van der Waals surface area contributed by atoms with Gasteiger partial charge in [0.05, 0.1) is 22.6 Å². The van der Waals surface area contributed by atoms with Crippen molar-refractivity contribution in [1.29, 1.82) is 0 Å². The van der Waals surface area contributed by atoms with Gasteiger partial charge in [-0.2, -0.15) is 0 Å². The van der Waals surface area contributed by atoms with Gasteiger partial charge in [-0.05, 0) is 6.42 Å². The fraction of sp³-hybridized carbons (Fsp3) is 0.625. The summed E-state index contributed by atoms with van der Waals surface area (Å²) >= 11 is 1.44. The highest BCUT2D eigenvalue weighted by molar-refractivity contribution is 7.91. The van der Waals surface area contributed by atoms with Crippen LogP contribution in [-0.4, -0.2) is 35.6 Å². The van der Waals surface area contributed by atoms with Crippen LogP contribution in [0.2, 0.25) is 0 Å². The molecule has 1 N–H and O–H groups in total. The summed E-state index contributed by atoms with van der Waals surface area (Å²) in [4.78, 5) is 4.82. The molecule has 14 heavy (non-hydrogen) atoms. The molecular formula is C8H11NO3S2. The maximum Gasteiger partial charge on any atom is 0.153 e. The van der Waals surface area contributed by atoms with Crippen molar-refractivity contribution in [2.24, 2.45) is 0 Å². The van der Waals surface area contributed by atoms with Gasteiger partial charge in [-0.3, -0.25) is 4.98 Å².